The van der Waals surface area contributed by atoms with E-state index in [1.54, 1.807) is 0 Å². The van der Waals surface area contributed by atoms with Crippen molar-refractivity contribution in [2.24, 2.45) is 23.7 Å². The van der Waals surface area contributed by atoms with E-state index in [4.69, 9.17) is 20.4 Å². The lowest BCUT2D eigenvalue weighted by atomic mass is 9.81. The maximum atomic E-state index is 9.14. The van der Waals surface area contributed by atoms with E-state index in [-0.39, 0.29) is 26.4 Å². The Morgan fingerprint density at radius 3 is 1.17 bits per heavy atom. The number of hydrogen-bond acceptors (Lipinski definition) is 6. The molecule has 6 heteroatoms. The van der Waals surface area contributed by atoms with E-state index in [1.165, 1.54) is 19.3 Å². The molecule has 4 unspecified atom stereocenters. The minimum Gasteiger partial charge on any atom is -0.395 e. The van der Waals surface area contributed by atoms with Crippen LogP contribution in [0.5, 0.6) is 0 Å². The number of nitrogens with zero attached hydrogens (tertiary/aromatic N) is 2. The third-order valence-corrected chi connectivity index (χ3v) is 5.80. The highest BCUT2D eigenvalue weighted by molar-refractivity contribution is 4.97. The monoisotopic (exact) mass is 330 g/mol. The van der Waals surface area contributed by atoms with Gasteiger partial charge in [-0.05, 0) is 42.9 Å². The molecule has 2 rings (SSSR count). The number of rotatable bonds is 12. The standard InChI is InChI=1S/C17H34N2O4/c20-5-1-18(2-6-21)12-16-10-15-9-14(16)11-17(15)13-19(3-7-22)4-8-23/h14-17,20-23H,1-13H2. The first-order valence-electron chi connectivity index (χ1n) is 9.09. The Balaban J connectivity index is 1.79. The van der Waals surface area contributed by atoms with E-state index in [2.05, 4.69) is 9.80 Å². The average molecular weight is 330 g/mol. The van der Waals surface area contributed by atoms with Crippen molar-refractivity contribution < 1.29 is 20.4 Å². The first kappa shape index (κ1) is 19.1. The lowest BCUT2D eigenvalue weighted by Gasteiger charge is -2.34. The molecule has 0 radical (unpaired) electrons. The van der Waals surface area contributed by atoms with Crippen LogP contribution in [-0.2, 0) is 0 Å². The number of aliphatic hydroxyl groups is 4. The zero-order chi connectivity index (χ0) is 16.7. The summed E-state index contributed by atoms with van der Waals surface area (Å²) in [7, 11) is 0. The summed E-state index contributed by atoms with van der Waals surface area (Å²) in [5.74, 6) is 2.90. The molecular weight excluding hydrogens is 296 g/mol. The van der Waals surface area contributed by atoms with Gasteiger partial charge in [-0.1, -0.05) is 0 Å². The summed E-state index contributed by atoms with van der Waals surface area (Å²) in [5, 5.41) is 36.6. The Morgan fingerprint density at radius 2 is 0.913 bits per heavy atom. The van der Waals surface area contributed by atoms with Gasteiger partial charge >= 0.3 is 0 Å². The van der Waals surface area contributed by atoms with Crippen molar-refractivity contribution in [2.45, 2.75) is 19.3 Å². The van der Waals surface area contributed by atoms with Crippen LogP contribution in [0, 0.1) is 23.7 Å². The second-order valence-electron chi connectivity index (χ2n) is 7.24. The lowest BCUT2D eigenvalue weighted by Crippen LogP contribution is -2.39. The highest BCUT2D eigenvalue weighted by Gasteiger charge is 2.46. The molecule has 0 aromatic carbocycles. The number of fused-ring (bicyclic) bond motifs is 2. The van der Waals surface area contributed by atoms with Crippen molar-refractivity contribution >= 4 is 0 Å². The maximum absolute atomic E-state index is 9.14. The summed E-state index contributed by atoms with van der Waals surface area (Å²) in [6, 6.07) is 0. The lowest BCUT2D eigenvalue weighted by molar-refractivity contribution is 0.102. The Kier molecular flexibility index (Phi) is 8.23. The van der Waals surface area contributed by atoms with Gasteiger partial charge in [0.1, 0.15) is 0 Å². The highest BCUT2D eigenvalue weighted by Crippen LogP contribution is 2.52. The van der Waals surface area contributed by atoms with Crippen LogP contribution in [0.25, 0.3) is 0 Å². The maximum Gasteiger partial charge on any atom is 0.0558 e. The molecule has 0 aromatic rings. The summed E-state index contributed by atoms with van der Waals surface area (Å²) in [6.45, 7) is 5.20. The predicted molar refractivity (Wildman–Crippen MR) is 89.0 cm³/mol. The summed E-state index contributed by atoms with van der Waals surface area (Å²) >= 11 is 0. The summed E-state index contributed by atoms with van der Waals surface area (Å²) in [4.78, 5) is 4.37. The Labute approximate surface area is 139 Å². The molecule has 0 amide bonds. The highest BCUT2D eigenvalue weighted by atomic mass is 16.3. The van der Waals surface area contributed by atoms with Gasteiger partial charge in [-0.25, -0.2) is 0 Å². The average Bonchev–Trinajstić information content (AvgIpc) is 3.08. The largest absolute Gasteiger partial charge is 0.395 e. The number of hydrogen-bond donors (Lipinski definition) is 4. The summed E-state index contributed by atoms with van der Waals surface area (Å²) < 4.78 is 0. The molecule has 0 saturated heterocycles. The van der Waals surface area contributed by atoms with Gasteiger partial charge in [-0.15, -0.1) is 0 Å². The second kappa shape index (κ2) is 9.91. The van der Waals surface area contributed by atoms with Gasteiger partial charge < -0.3 is 20.4 Å². The van der Waals surface area contributed by atoms with Gasteiger partial charge in [-0.3, -0.25) is 9.80 Å². The molecule has 2 bridgehead atoms. The van der Waals surface area contributed by atoms with Gasteiger partial charge in [0.05, 0.1) is 26.4 Å². The van der Waals surface area contributed by atoms with Crippen molar-refractivity contribution in [1.82, 2.24) is 9.80 Å². The topological polar surface area (TPSA) is 87.4 Å². The van der Waals surface area contributed by atoms with E-state index >= 15 is 0 Å². The van der Waals surface area contributed by atoms with E-state index in [0.717, 1.165) is 24.9 Å². The van der Waals surface area contributed by atoms with Crippen LogP contribution in [0.15, 0.2) is 0 Å². The second-order valence-corrected chi connectivity index (χ2v) is 7.24. The van der Waals surface area contributed by atoms with E-state index in [0.29, 0.717) is 38.0 Å². The molecule has 4 N–H and O–H groups in total. The van der Waals surface area contributed by atoms with Gasteiger partial charge in [0.25, 0.3) is 0 Å². The van der Waals surface area contributed by atoms with Crippen molar-refractivity contribution in [2.75, 3.05) is 65.7 Å². The van der Waals surface area contributed by atoms with Crippen LogP contribution in [0.1, 0.15) is 19.3 Å². The molecule has 0 aromatic heterocycles. The molecule has 2 fully saturated rings. The zero-order valence-electron chi connectivity index (χ0n) is 14.2. The van der Waals surface area contributed by atoms with Gasteiger partial charge in [0.2, 0.25) is 0 Å². The summed E-state index contributed by atoms with van der Waals surface area (Å²) in [6.07, 6.45) is 3.79. The Hall–Kier alpha value is -0.240. The van der Waals surface area contributed by atoms with Crippen LogP contribution < -0.4 is 0 Å². The van der Waals surface area contributed by atoms with Crippen LogP contribution in [0.3, 0.4) is 0 Å². The van der Waals surface area contributed by atoms with Crippen molar-refractivity contribution in [3.63, 3.8) is 0 Å². The van der Waals surface area contributed by atoms with Gasteiger partial charge in [0, 0.05) is 39.3 Å². The molecule has 23 heavy (non-hydrogen) atoms. The van der Waals surface area contributed by atoms with Crippen LogP contribution in [0.2, 0.25) is 0 Å². The smallest absolute Gasteiger partial charge is 0.0558 e. The molecule has 4 atom stereocenters. The van der Waals surface area contributed by atoms with Gasteiger partial charge in [0.15, 0.2) is 0 Å². The van der Waals surface area contributed by atoms with E-state index < -0.39 is 0 Å². The molecule has 0 heterocycles. The summed E-state index contributed by atoms with van der Waals surface area (Å²) in [5.41, 5.74) is 0. The van der Waals surface area contributed by atoms with Crippen LogP contribution >= 0.6 is 0 Å². The Bertz CT molecular complexity index is 290. The SMILES string of the molecule is OCCN(CCO)CC1CC2CC1CC2CN(CCO)CCO. The van der Waals surface area contributed by atoms with Gasteiger partial charge in [-0.2, -0.15) is 0 Å². The third kappa shape index (κ3) is 5.37. The third-order valence-electron chi connectivity index (χ3n) is 5.80. The molecule has 136 valence electrons. The molecular formula is C17H34N2O4. The molecule has 0 spiro atoms. The fourth-order valence-corrected chi connectivity index (χ4v) is 4.78. The fourth-order valence-electron chi connectivity index (χ4n) is 4.78. The first-order valence-corrected chi connectivity index (χ1v) is 9.09. The number of aliphatic hydroxyl groups excluding tert-OH is 4. The molecule has 2 aliphatic carbocycles. The predicted octanol–water partition coefficient (Wildman–Crippen LogP) is -0.778. The minimum absolute atomic E-state index is 0.153. The quantitative estimate of drug-likeness (QED) is 0.376. The van der Waals surface area contributed by atoms with Crippen molar-refractivity contribution in [3.8, 4) is 0 Å². The van der Waals surface area contributed by atoms with Crippen LogP contribution in [0.4, 0.5) is 0 Å². The van der Waals surface area contributed by atoms with Crippen molar-refractivity contribution in [1.29, 1.82) is 0 Å². The molecule has 0 aliphatic heterocycles. The first-order chi connectivity index (χ1) is 11.2. The normalized spacial score (nSPS) is 30.0. The molecule has 6 nitrogen and oxygen atoms in total. The minimum atomic E-state index is 0.153. The van der Waals surface area contributed by atoms with Crippen molar-refractivity contribution in [3.05, 3.63) is 0 Å². The van der Waals surface area contributed by atoms with Crippen LogP contribution in [-0.4, -0.2) is 95.9 Å². The molecule has 2 saturated carbocycles. The van der Waals surface area contributed by atoms with E-state index in [9.17, 15) is 0 Å². The zero-order valence-corrected chi connectivity index (χ0v) is 14.2. The fraction of sp³-hybridized carbons (Fsp3) is 1.00. The Morgan fingerprint density at radius 1 is 0.565 bits per heavy atom. The van der Waals surface area contributed by atoms with E-state index in [1.807, 2.05) is 0 Å². The molecule has 2 aliphatic rings.